The number of amides is 2. The van der Waals surface area contributed by atoms with Crippen LogP contribution in [-0.2, 0) is 9.47 Å². The van der Waals surface area contributed by atoms with Gasteiger partial charge in [-0.05, 0) is 51.0 Å². The summed E-state index contributed by atoms with van der Waals surface area (Å²) in [4.78, 5) is 28.6. The van der Waals surface area contributed by atoms with Gasteiger partial charge in [-0.15, -0.1) is 0 Å². The highest BCUT2D eigenvalue weighted by molar-refractivity contribution is 6.09. The summed E-state index contributed by atoms with van der Waals surface area (Å²) in [7, 11) is 0. The molecule has 6 nitrogen and oxygen atoms in total. The van der Waals surface area contributed by atoms with E-state index in [1.807, 2.05) is 12.1 Å². The highest BCUT2D eigenvalue weighted by atomic mass is 16.6. The predicted molar refractivity (Wildman–Crippen MR) is 123 cm³/mol. The molecule has 0 aliphatic carbocycles. The molecule has 0 saturated heterocycles. The van der Waals surface area contributed by atoms with E-state index in [2.05, 4.69) is 32.6 Å². The molecule has 30 heavy (non-hydrogen) atoms. The van der Waals surface area contributed by atoms with Crippen LogP contribution < -0.4 is 9.80 Å². The normalized spacial score (nSPS) is 10.5. The monoisotopic (exact) mass is 420 g/mol. The molecule has 1 aromatic rings. The standard InChI is InChI=1S/C24H40N2O4/c1-5-9-11-13-19-29-23(27)26(24(28)30-20-14-12-10-6-2)22-17-15-21(16-18-22)25(7-3)8-4/h15-18H,5-14,19-20H2,1-4H3. The van der Waals surface area contributed by atoms with E-state index < -0.39 is 12.2 Å². The molecule has 0 unspecified atom stereocenters. The van der Waals surface area contributed by atoms with E-state index in [1.165, 1.54) is 0 Å². The molecule has 0 atom stereocenters. The van der Waals surface area contributed by atoms with E-state index in [0.29, 0.717) is 18.9 Å². The summed E-state index contributed by atoms with van der Waals surface area (Å²) in [6.07, 6.45) is 6.67. The third kappa shape index (κ3) is 9.06. The molecule has 2 amide bonds. The number of unbranched alkanes of at least 4 members (excludes halogenated alkanes) is 6. The highest BCUT2D eigenvalue weighted by Crippen LogP contribution is 2.22. The molecular weight excluding hydrogens is 380 g/mol. The Hall–Kier alpha value is -2.24. The van der Waals surface area contributed by atoms with Crippen LogP contribution in [0.15, 0.2) is 24.3 Å². The Labute approximate surface area is 182 Å². The minimum Gasteiger partial charge on any atom is -0.449 e. The fourth-order valence-corrected chi connectivity index (χ4v) is 3.19. The molecule has 6 heteroatoms. The van der Waals surface area contributed by atoms with Gasteiger partial charge >= 0.3 is 12.2 Å². The van der Waals surface area contributed by atoms with Crippen LogP contribution in [0.3, 0.4) is 0 Å². The molecule has 0 N–H and O–H groups in total. The number of anilines is 2. The van der Waals surface area contributed by atoms with E-state index in [9.17, 15) is 9.59 Å². The Morgan fingerprint density at radius 3 is 1.50 bits per heavy atom. The summed E-state index contributed by atoms with van der Waals surface area (Å²) in [6, 6.07) is 7.37. The van der Waals surface area contributed by atoms with Crippen molar-refractivity contribution in [3.63, 3.8) is 0 Å². The molecule has 0 radical (unpaired) electrons. The van der Waals surface area contributed by atoms with Crippen LogP contribution in [0.4, 0.5) is 21.0 Å². The number of rotatable bonds is 14. The number of hydrogen-bond donors (Lipinski definition) is 0. The summed E-state index contributed by atoms with van der Waals surface area (Å²) in [6.45, 7) is 10.8. The first-order chi connectivity index (χ1) is 14.6. The Morgan fingerprint density at radius 2 is 1.10 bits per heavy atom. The lowest BCUT2D eigenvalue weighted by atomic mass is 10.2. The number of carbonyl (C=O) groups is 2. The Kier molecular flexibility index (Phi) is 13.4. The number of ether oxygens (including phenoxy) is 2. The fourth-order valence-electron chi connectivity index (χ4n) is 3.19. The average Bonchev–Trinajstić information content (AvgIpc) is 2.75. The molecule has 170 valence electrons. The van der Waals surface area contributed by atoms with Gasteiger partial charge in [-0.2, -0.15) is 4.90 Å². The summed E-state index contributed by atoms with van der Waals surface area (Å²) in [5.41, 5.74) is 1.51. The first-order valence-electron chi connectivity index (χ1n) is 11.6. The van der Waals surface area contributed by atoms with Gasteiger partial charge in [-0.1, -0.05) is 52.4 Å². The minimum absolute atomic E-state index is 0.302. The van der Waals surface area contributed by atoms with Crippen LogP contribution in [0.25, 0.3) is 0 Å². The second kappa shape index (κ2) is 15.6. The molecule has 0 aliphatic rings. The number of benzene rings is 1. The van der Waals surface area contributed by atoms with Crippen molar-refractivity contribution in [2.24, 2.45) is 0 Å². The van der Waals surface area contributed by atoms with Gasteiger partial charge in [-0.25, -0.2) is 9.59 Å². The molecule has 0 heterocycles. The molecule has 0 aliphatic heterocycles. The zero-order valence-electron chi connectivity index (χ0n) is 19.3. The third-order valence-corrected chi connectivity index (χ3v) is 5.05. The third-order valence-electron chi connectivity index (χ3n) is 5.05. The van der Waals surface area contributed by atoms with Gasteiger partial charge in [0.25, 0.3) is 0 Å². The molecule has 0 saturated carbocycles. The molecule has 0 aromatic heterocycles. The predicted octanol–water partition coefficient (Wildman–Crippen LogP) is 6.77. The van der Waals surface area contributed by atoms with Crippen molar-refractivity contribution in [2.75, 3.05) is 36.1 Å². The van der Waals surface area contributed by atoms with Crippen molar-refractivity contribution < 1.29 is 19.1 Å². The van der Waals surface area contributed by atoms with Gasteiger partial charge in [0, 0.05) is 18.8 Å². The van der Waals surface area contributed by atoms with Crippen molar-refractivity contribution in [3.8, 4) is 0 Å². The van der Waals surface area contributed by atoms with Crippen LogP contribution in [0, 0.1) is 0 Å². The number of carbonyl (C=O) groups excluding carboxylic acids is 2. The van der Waals surface area contributed by atoms with Gasteiger partial charge in [0.15, 0.2) is 0 Å². The first-order valence-corrected chi connectivity index (χ1v) is 11.6. The van der Waals surface area contributed by atoms with Crippen LogP contribution >= 0.6 is 0 Å². The zero-order chi connectivity index (χ0) is 22.2. The van der Waals surface area contributed by atoms with Gasteiger partial charge in [0.05, 0.1) is 18.9 Å². The smallest absolute Gasteiger partial charge is 0.424 e. The van der Waals surface area contributed by atoms with E-state index in [0.717, 1.165) is 75.0 Å². The van der Waals surface area contributed by atoms with Gasteiger partial charge in [0.2, 0.25) is 0 Å². The van der Waals surface area contributed by atoms with E-state index in [-0.39, 0.29) is 0 Å². The number of hydrogen-bond acceptors (Lipinski definition) is 5. The topological polar surface area (TPSA) is 59.1 Å². The van der Waals surface area contributed by atoms with Crippen LogP contribution in [0.1, 0.15) is 79.1 Å². The van der Waals surface area contributed by atoms with Crippen molar-refractivity contribution >= 4 is 23.6 Å². The summed E-state index contributed by atoms with van der Waals surface area (Å²) in [5.74, 6) is 0. The first kappa shape index (κ1) is 25.8. The summed E-state index contributed by atoms with van der Waals surface area (Å²) >= 11 is 0. The number of nitrogens with zero attached hydrogens (tertiary/aromatic N) is 2. The highest BCUT2D eigenvalue weighted by Gasteiger charge is 2.26. The van der Waals surface area contributed by atoms with Crippen LogP contribution in [0.2, 0.25) is 0 Å². The van der Waals surface area contributed by atoms with E-state index in [1.54, 1.807) is 12.1 Å². The lowest BCUT2D eigenvalue weighted by molar-refractivity contribution is 0.132. The molecule has 0 fully saturated rings. The molecule has 0 spiro atoms. The number of imide groups is 1. The maximum absolute atomic E-state index is 12.7. The second-order valence-corrected chi connectivity index (χ2v) is 7.37. The molecular formula is C24H40N2O4. The van der Waals surface area contributed by atoms with E-state index >= 15 is 0 Å². The van der Waals surface area contributed by atoms with Gasteiger partial charge in [-0.3, -0.25) is 0 Å². The molecule has 1 rings (SSSR count). The Bertz CT molecular complexity index is 574. The second-order valence-electron chi connectivity index (χ2n) is 7.37. The minimum atomic E-state index is -0.680. The van der Waals surface area contributed by atoms with Crippen molar-refractivity contribution in [3.05, 3.63) is 24.3 Å². The van der Waals surface area contributed by atoms with Crippen molar-refractivity contribution in [2.45, 2.75) is 79.1 Å². The van der Waals surface area contributed by atoms with Crippen molar-refractivity contribution in [1.82, 2.24) is 0 Å². The average molecular weight is 421 g/mol. The summed E-state index contributed by atoms with van der Waals surface area (Å²) in [5, 5.41) is 0. The maximum atomic E-state index is 12.7. The van der Waals surface area contributed by atoms with Crippen LogP contribution in [-0.4, -0.2) is 38.5 Å². The maximum Gasteiger partial charge on any atom is 0.424 e. The quantitative estimate of drug-likeness (QED) is 0.311. The van der Waals surface area contributed by atoms with Gasteiger partial charge < -0.3 is 14.4 Å². The largest absolute Gasteiger partial charge is 0.449 e. The SMILES string of the molecule is CCCCCCOC(=O)N(C(=O)OCCCCCC)c1ccc(N(CC)CC)cc1. The van der Waals surface area contributed by atoms with Crippen LogP contribution in [0.5, 0.6) is 0 Å². The zero-order valence-corrected chi connectivity index (χ0v) is 19.3. The van der Waals surface area contributed by atoms with Crippen molar-refractivity contribution in [1.29, 1.82) is 0 Å². The van der Waals surface area contributed by atoms with Gasteiger partial charge in [0.1, 0.15) is 0 Å². The Balaban J connectivity index is 2.82. The fraction of sp³-hybridized carbons (Fsp3) is 0.667. The summed E-state index contributed by atoms with van der Waals surface area (Å²) < 4.78 is 10.7. The molecule has 0 bridgehead atoms. The lowest BCUT2D eigenvalue weighted by Gasteiger charge is -2.23. The Morgan fingerprint density at radius 1 is 0.667 bits per heavy atom. The lowest BCUT2D eigenvalue weighted by Crippen LogP contribution is -2.38. The molecule has 1 aromatic carbocycles. The van der Waals surface area contributed by atoms with E-state index in [4.69, 9.17) is 9.47 Å².